The second-order valence-electron chi connectivity index (χ2n) is 2.94. The van der Waals surface area contributed by atoms with Gasteiger partial charge in [0.15, 0.2) is 0 Å². The van der Waals surface area contributed by atoms with Crippen LogP contribution in [0.2, 0.25) is 0 Å². The number of nitrogens with zero attached hydrogens (tertiary/aromatic N) is 4. The number of rotatable bonds is 1. The van der Waals surface area contributed by atoms with Crippen LogP contribution in [0.3, 0.4) is 0 Å². The second-order valence-corrected chi connectivity index (χ2v) is 3.93. The Balaban J connectivity index is 2.59. The average Bonchev–Trinajstić information content (AvgIpc) is 2.56. The highest BCUT2D eigenvalue weighted by Gasteiger charge is 2.38. The van der Waals surface area contributed by atoms with Gasteiger partial charge in [-0.1, -0.05) is 11.3 Å². The predicted octanol–water partition coefficient (Wildman–Crippen LogP) is 1.22. The van der Waals surface area contributed by atoms with Crippen LogP contribution in [0.5, 0.6) is 0 Å². The molecule has 5 nitrogen and oxygen atoms in total. The Morgan fingerprint density at radius 2 is 2.07 bits per heavy atom. The second kappa shape index (κ2) is 3.14. The maximum atomic E-state index is 12.4. The number of alkyl halides is 3. The number of aromatic nitrogens is 4. The molecule has 2 heterocycles. The van der Waals surface area contributed by atoms with E-state index in [2.05, 4.69) is 15.3 Å². The van der Waals surface area contributed by atoms with Crippen molar-refractivity contribution in [1.29, 1.82) is 0 Å². The van der Waals surface area contributed by atoms with Crippen molar-refractivity contribution in [3.8, 4) is 0 Å². The van der Waals surface area contributed by atoms with E-state index in [-0.39, 0.29) is 4.96 Å². The molecule has 2 rings (SSSR count). The van der Waals surface area contributed by atoms with Crippen molar-refractivity contribution in [1.82, 2.24) is 19.8 Å². The van der Waals surface area contributed by atoms with Gasteiger partial charge in [0.1, 0.15) is 5.01 Å². The van der Waals surface area contributed by atoms with Crippen molar-refractivity contribution in [3.05, 3.63) is 10.8 Å². The molecule has 2 aromatic rings. The molecule has 0 radical (unpaired) electrons. The van der Waals surface area contributed by atoms with Crippen LogP contribution in [0.1, 0.15) is 23.8 Å². The molecular weight excluding hydrogens is 231 g/mol. The van der Waals surface area contributed by atoms with E-state index in [1.54, 1.807) is 6.92 Å². The van der Waals surface area contributed by atoms with E-state index in [0.717, 1.165) is 11.3 Å². The summed E-state index contributed by atoms with van der Waals surface area (Å²) in [7, 11) is 0. The Hall–Kier alpha value is -1.22. The lowest BCUT2D eigenvalue weighted by atomic mass is 10.4. The SMILES string of the molecule is CC(N)c1nn2c(C(F)(F)F)nnc2s1. The van der Waals surface area contributed by atoms with Gasteiger partial charge in [-0.2, -0.15) is 22.8 Å². The van der Waals surface area contributed by atoms with Crippen LogP contribution in [0.15, 0.2) is 0 Å². The first-order chi connectivity index (χ1) is 6.89. The molecule has 0 spiro atoms. The van der Waals surface area contributed by atoms with Gasteiger partial charge >= 0.3 is 6.18 Å². The minimum absolute atomic E-state index is 0.0922. The van der Waals surface area contributed by atoms with Crippen molar-refractivity contribution in [2.75, 3.05) is 0 Å². The van der Waals surface area contributed by atoms with E-state index in [9.17, 15) is 13.2 Å². The third kappa shape index (κ3) is 1.67. The molecule has 15 heavy (non-hydrogen) atoms. The van der Waals surface area contributed by atoms with E-state index < -0.39 is 18.0 Å². The Kier molecular flexibility index (Phi) is 2.15. The molecule has 82 valence electrons. The Bertz CT molecular complexity index is 484. The van der Waals surface area contributed by atoms with E-state index in [4.69, 9.17) is 5.73 Å². The van der Waals surface area contributed by atoms with E-state index >= 15 is 0 Å². The van der Waals surface area contributed by atoms with Crippen LogP contribution < -0.4 is 5.73 Å². The zero-order chi connectivity index (χ0) is 11.2. The summed E-state index contributed by atoms with van der Waals surface area (Å²) in [4.78, 5) is 0.0922. The van der Waals surface area contributed by atoms with Crippen molar-refractivity contribution >= 4 is 16.3 Å². The number of halogens is 3. The van der Waals surface area contributed by atoms with Crippen LogP contribution in [0.25, 0.3) is 4.96 Å². The molecule has 0 saturated carbocycles. The van der Waals surface area contributed by atoms with E-state index in [1.807, 2.05) is 0 Å². The molecule has 1 atom stereocenters. The summed E-state index contributed by atoms with van der Waals surface area (Å²) < 4.78 is 37.8. The lowest BCUT2D eigenvalue weighted by molar-refractivity contribution is -0.146. The molecule has 2 N–H and O–H groups in total. The first kappa shape index (κ1) is 10.3. The van der Waals surface area contributed by atoms with Gasteiger partial charge in [0.2, 0.25) is 4.96 Å². The van der Waals surface area contributed by atoms with E-state index in [1.165, 1.54) is 0 Å². The minimum Gasteiger partial charge on any atom is -0.322 e. The standard InChI is InChI=1S/C6H6F3N5S/c1-2(10)3-13-14-4(6(7,8)9)11-12-5(14)15-3/h2H,10H2,1H3. The smallest absolute Gasteiger partial charge is 0.322 e. The summed E-state index contributed by atoms with van der Waals surface area (Å²) in [6.45, 7) is 1.64. The summed E-state index contributed by atoms with van der Waals surface area (Å²) >= 11 is 0.996. The number of hydrogen-bond donors (Lipinski definition) is 1. The van der Waals surface area contributed by atoms with Gasteiger partial charge in [-0.25, -0.2) is 0 Å². The molecular formula is C6H6F3N5S. The van der Waals surface area contributed by atoms with Gasteiger partial charge < -0.3 is 5.73 Å². The first-order valence-corrected chi connectivity index (χ1v) is 4.76. The zero-order valence-electron chi connectivity index (χ0n) is 7.49. The van der Waals surface area contributed by atoms with Crippen LogP contribution >= 0.6 is 11.3 Å². The fraction of sp³-hybridized carbons (Fsp3) is 0.500. The molecule has 2 aromatic heterocycles. The minimum atomic E-state index is -4.55. The molecule has 0 aliphatic rings. The van der Waals surface area contributed by atoms with Crippen molar-refractivity contribution < 1.29 is 13.2 Å². The van der Waals surface area contributed by atoms with Gasteiger partial charge in [-0.05, 0) is 6.92 Å². The first-order valence-electron chi connectivity index (χ1n) is 3.94. The van der Waals surface area contributed by atoms with Gasteiger partial charge in [-0.15, -0.1) is 10.2 Å². The van der Waals surface area contributed by atoms with Gasteiger partial charge in [0.25, 0.3) is 5.82 Å². The number of hydrogen-bond acceptors (Lipinski definition) is 5. The highest BCUT2D eigenvalue weighted by molar-refractivity contribution is 7.16. The zero-order valence-corrected chi connectivity index (χ0v) is 8.30. The third-order valence-electron chi connectivity index (χ3n) is 1.65. The molecule has 0 aromatic carbocycles. The quantitative estimate of drug-likeness (QED) is 0.809. The lowest BCUT2D eigenvalue weighted by Gasteiger charge is -2.00. The average molecular weight is 237 g/mol. The normalized spacial score (nSPS) is 14.7. The monoisotopic (exact) mass is 237 g/mol. The van der Waals surface area contributed by atoms with Gasteiger partial charge in [-0.3, -0.25) is 0 Å². The maximum Gasteiger partial charge on any atom is 0.453 e. The molecule has 0 saturated heterocycles. The molecule has 0 fully saturated rings. The molecule has 1 unspecified atom stereocenters. The molecule has 0 bridgehead atoms. The number of fused-ring (bicyclic) bond motifs is 1. The Morgan fingerprint density at radius 3 is 2.60 bits per heavy atom. The van der Waals surface area contributed by atoms with Gasteiger partial charge in [0, 0.05) is 0 Å². The van der Waals surface area contributed by atoms with Crippen LogP contribution in [0, 0.1) is 0 Å². The fourth-order valence-corrected chi connectivity index (χ4v) is 1.78. The summed E-state index contributed by atoms with van der Waals surface area (Å²) in [6, 6.07) is -0.419. The topological polar surface area (TPSA) is 69.1 Å². The molecule has 0 amide bonds. The largest absolute Gasteiger partial charge is 0.453 e. The third-order valence-corrected chi connectivity index (χ3v) is 2.75. The van der Waals surface area contributed by atoms with Crippen LogP contribution in [-0.2, 0) is 6.18 Å². The highest BCUT2D eigenvalue weighted by atomic mass is 32.1. The summed E-state index contributed by atoms with van der Waals surface area (Å²) in [5.74, 6) is -1.12. The Morgan fingerprint density at radius 1 is 1.40 bits per heavy atom. The van der Waals surface area contributed by atoms with Crippen LogP contribution in [0.4, 0.5) is 13.2 Å². The molecule has 0 aliphatic heterocycles. The fourth-order valence-electron chi connectivity index (χ4n) is 0.993. The lowest BCUT2D eigenvalue weighted by Crippen LogP contribution is -2.12. The highest BCUT2D eigenvalue weighted by Crippen LogP contribution is 2.29. The van der Waals surface area contributed by atoms with Crippen molar-refractivity contribution in [3.63, 3.8) is 0 Å². The number of nitrogens with two attached hydrogens (primary N) is 1. The molecule has 0 aliphatic carbocycles. The summed E-state index contributed by atoms with van der Waals surface area (Å²) in [6.07, 6.45) is -4.55. The molecule has 9 heteroatoms. The van der Waals surface area contributed by atoms with E-state index in [0.29, 0.717) is 9.52 Å². The van der Waals surface area contributed by atoms with Gasteiger partial charge in [0.05, 0.1) is 6.04 Å². The van der Waals surface area contributed by atoms with Crippen molar-refractivity contribution in [2.24, 2.45) is 5.73 Å². The summed E-state index contributed by atoms with van der Waals surface area (Å²) in [5.41, 5.74) is 5.50. The Labute approximate surface area is 85.7 Å². The maximum absolute atomic E-state index is 12.4. The predicted molar refractivity (Wildman–Crippen MR) is 46.3 cm³/mol. The summed E-state index contributed by atoms with van der Waals surface area (Å²) in [5, 5.41) is 10.5. The van der Waals surface area contributed by atoms with Crippen molar-refractivity contribution in [2.45, 2.75) is 19.1 Å². The van der Waals surface area contributed by atoms with Crippen LogP contribution in [-0.4, -0.2) is 19.8 Å².